The summed E-state index contributed by atoms with van der Waals surface area (Å²) in [5.74, 6) is -0.148. The second kappa shape index (κ2) is 7.68. The van der Waals surface area contributed by atoms with Crippen LogP contribution >= 0.6 is 11.6 Å². The number of esters is 1. The molecule has 1 aliphatic carbocycles. The van der Waals surface area contributed by atoms with Gasteiger partial charge in [-0.2, -0.15) is 4.98 Å². The number of hydrogen-bond acceptors (Lipinski definition) is 6. The minimum Gasteiger partial charge on any atom is -0.455 e. The second-order valence-electron chi connectivity index (χ2n) is 7.01. The highest BCUT2D eigenvalue weighted by Crippen LogP contribution is 2.30. The molecule has 1 aliphatic heterocycles. The summed E-state index contributed by atoms with van der Waals surface area (Å²) in [4.78, 5) is 30.6. The van der Waals surface area contributed by atoms with Gasteiger partial charge in [-0.05, 0) is 37.1 Å². The van der Waals surface area contributed by atoms with E-state index in [0.29, 0.717) is 17.4 Å². The molecule has 2 aromatic rings. The zero-order valence-electron chi connectivity index (χ0n) is 14.8. The number of benzene rings is 1. The number of aromatic nitrogens is 2. The van der Waals surface area contributed by atoms with Crippen LogP contribution in [0.5, 0.6) is 0 Å². The first-order chi connectivity index (χ1) is 13.1. The van der Waals surface area contributed by atoms with Crippen molar-refractivity contribution in [1.82, 2.24) is 15.0 Å². The van der Waals surface area contributed by atoms with E-state index in [4.69, 9.17) is 20.9 Å². The average molecular weight is 390 g/mol. The molecule has 7 nitrogen and oxygen atoms in total. The summed E-state index contributed by atoms with van der Waals surface area (Å²) in [6.07, 6.45) is 4.58. The van der Waals surface area contributed by atoms with E-state index in [-0.39, 0.29) is 30.9 Å². The molecule has 0 radical (unpaired) electrons. The fourth-order valence-corrected chi connectivity index (χ4v) is 3.86. The standard InChI is InChI=1S/C19H20ClN3O4/c20-14-7-5-12(6-8-14)18-21-16(27-22-18)11-26-19(25)13-9-17(24)23(10-13)15-3-1-2-4-15/h5-8,13,15H,1-4,9-11H2. The Bertz CT molecular complexity index is 830. The Balaban J connectivity index is 1.32. The molecule has 1 amide bonds. The summed E-state index contributed by atoms with van der Waals surface area (Å²) in [6, 6.07) is 7.32. The van der Waals surface area contributed by atoms with Crippen molar-refractivity contribution in [3.8, 4) is 11.4 Å². The minimum absolute atomic E-state index is 0.0478. The van der Waals surface area contributed by atoms with Crippen LogP contribution in [-0.4, -0.2) is 39.5 Å². The van der Waals surface area contributed by atoms with Crippen LogP contribution in [0.4, 0.5) is 0 Å². The van der Waals surface area contributed by atoms with Crippen molar-refractivity contribution in [2.45, 2.75) is 44.8 Å². The number of likely N-dealkylation sites (tertiary alicyclic amines) is 1. The van der Waals surface area contributed by atoms with Crippen molar-refractivity contribution >= 4 is 23.5 Å². The number of carbonyl (C=O) groups excluding carboxylic acids is 2. The van der Waals surface area contributed by atoms with E-state index in [9.17, 15) is 9.59 Å². The predicted octanol–water partition coefficient (Wildman–Crippen LogP) is 3.22. The number of halogens is 1. The van der Waals surface area contributed by atoms with Crippen LogP contribution in [0.1, 0.15) is 38.0 Å². The molecule has 27 heavy (non-hydrogen) atoms. The van der Waals surface area contributed by atoms with E-state index in [2.05, 4.69) is 10.1 Å². The van der Waals surface area contributed by atoms with Crippen LogP contribution < -0.4 is 0 Å². The van der Waals surface area contributed by atoms with Crippen molar-refractivity contribution in [3.05, 3.63) is 35.2 Å². The van der Waals surface area contributed by atoms with Crippen molar-refractivity contribution in [3.63, 3.8) is 0 Å². The normalized spacial score (nSPS) is 20.4. The van der Waals surface area contributed by atoms with Gasteiger partial charge in [0.2, 0.25) is 11.7 Å². The first-order valence-corrected chi connectivity index (χ1v) is 9.52. The van der Waals surface area contributed by atoms with Gasteiger partial charge in [0, 0.05) is 29.6 Å². The number of nitrogens with zero attached hydrogens (tertiary/aromatic N) is 3. The number of rotatable bonds is 5. The van der Waals surface area contributed by atoms with Gasteiger partial charge in [-0.1, -0.05) is 29.6 Å². The molecule has 4 rings (SSSR count). The van der Waals surface area contributed by atoms with Crippen molar-refractivity contribution in [2.24, 2.45) is 5.92 Å². The molecule has 0 bridgehead atoms. The van der Waals surface area contributed by atoms with E-state index >= 15 is 0 Å². The SMILES string of the molecule is O=C(OCc1nc(-c2ccc(Cl)cc2)no1)C1CC(=O)N(C2CCCC2)C1. The Hall–Kier alpha value is -2.41. The van der Waals surface area contributed by atoms with E-state index in [1.165, 1.54) is 0 Å². The van der Waals surface area contributed by atoms with Gasteiger partial charge in [0.1, 0.15) is 0 Å². The molecule has 1 unspecified atom stereocenters. The van der Waals surface area contributed by atoms with Gasteiger partial charge in [0.15, 0.2) is 6.61 Å². The molecule has 0 N–H and O–H groups in total. The molecule has 1 aromatic carbocycles. The number of ether oxygens (including phenoxy) is 1. The molecule has 2 fully saturated rings. The third kappa shape index (κ3) is 3.98. The lowest BCUT2D eigenvalue weighted by molar-refractivity contribution is -0.150. The number of hydrogen-bond donors (Lipinski definition) is 0. The van der Waals surface area contributed by atoms with Gasteiger partial charge in [-0.15, -0.1) is 0 Å². The van der Waals surface area contributed by atoms with Crippen LogP contribution in [0.25, 0.3) is 11.4 Å². The maximum atomic E-state index is 12.3. The number of carbonyl (C=O) groups is 2. The van der Waals surface area contributed by atoms with Gasteiger partial charge in [-0.3, -0.25) is 9.59 Å². The Morgan fingerprint density at radius 3 is 2.74 bits per heavy atom. The smallest absolute Gasteiger partial charge is 0.311 e. The fraction of sp³-hybridized carbons (Fsp3) is 0.474. The van der Waals surface area contributed by atoms with Crippen LogP contribution in [0.2, 0.25) is 5.02 Å². The Labute approximate surface area is 161 Å². The zero-order valence-corrected chi connectivity index (χ0v) is 15.5. The van der Waals surface area contributed by atoms with E-state index in [1.807, 2.05) is 4.90 Å². The van der Waals surface area contributed by atoms with Crippen LogP contribution in [-0.2, 0) is 20.9 Å². The maximum Gasteiger partial charge on any atom is 0.311 e. The Morgan fingerprint density at radius 2 is 2.00 bits per heavy atom. The van der Waals surface area contributed by atoms with E-state index in [1.54, 1.807) is 24.3 Å². The highest BCUT2D eigenvalue weighted by atomic mass is 35.5. The monoisotopic (exact) mass is 389 g/mol. The van der Waals surface area contributed by atoms with Crippen molar-refractivity contribution in [1.29, 1.82) is 0 Å². The third-order valence-corrected chi connectivity index (χ3v) is 5.42. The lowest BCUT2D eigenvalue weighted by atomic mass is 10.1. The van der Waals surface area contributed by atoms with Gasteiger partial charge in [0.05, 0.1) is 5.92 Å². The summed E-state index contributed by atoms with van der Waals surface area (Å²) in [6.45, 7) is 0.343. The Kier molecular flexibility index (Phi) is 5.11. The molecule has 0 spiro atoms. The van der Waals surface area contributed by atoms with Crippen LogP contribution in [0.15, 0.2) is 28.8 Å². The quantitative estimate of drug-likeness (QED) is 0.730. The van der Waals surface area contributed by atoms with Gasteiger partial charge in [0.25, 0.3) is 5.89 Å². The molecule has 2 heterocycles. The lowest BCUT2D eigenvalue weighted by Crippen LogP contribution is -2.35. The maximum absolute atomic E-state index is 12.3. The summed E-state index contributed by atoms with van der Waals surface area (Å²) in [7, 11) is 0. The highest BCUT2D eigenvalue weighted by Gasteiger charge is 2.39. The first-order valence-electron chi connectivity index (χ1n) is 9.15. The molecule has 2 aliphatic rings. The van der Waals surface area contributed by atoms with E-state index < -0.39 is 11.9 Å². The summed E-state index contributed by atoms with van der Waals surface area (Å²) < 4.78 is 10.4. The second-order valence-corrected chi connectivity index (χ2v) is 7.45. The molecule has 1 atom stereocenters. The molecule has 1 saturated heterocycles. The predicted molar refractivity (Wildman–Crippen MR) is 96.6 cm³/mol. The van der Waals surface area contributed by atoms with Gasteiger partial charge >= 0.3 is 5.97 Å². The first kappa shape index (κ1) is 18.0. The van der Waals surface area contributed by atoms with Gasteiger partial charge in [-0.25, -0.2) is 0 Å². The molecule has 1 saturated carbocycles. The molecular formula is C19H20ClN3O4. The molecule has 1 aromatic heterocycles. The number of amides is 1. The average Bonchev–Trinajstić information content (AvgIpc) is 3.41. The van der Waals surface area contributed by atoms with Crippen LogP contribution in [0.3, 0.4) is 0 Å². The van der Waals surface area contributed by atoms with Crippen LogP contribution in [0, 0.1) is 5.92 Å². The summed E-state index contributed by atoms with van der Waals surface area (Å²) in [5, 5.41) is 4.50. The van der Waals surface area contributed by atoms with E-state index in [0.717, 1.165) is 31.2 Å². The zero-order chi connectivity index (χ0) is 18.8. The van der Waals surface area contributed by atoms with Gasteiger partial charge < -0.3 is 14.2 Å². The van der Waals surface area contributed by atoms with Crippen molar-refractivity contribution in [2.75, 3.05) is 6.54 Å². The molecular weight excluding hydrogens is 370 g/mol. The summed E-state index contributed by atoms with van der Waals surface area (Å²) in [5.41, 5.74) is 0.759. The van der Waals surface area contributed by atoms with Crippen molar-refractivity contribution < 1.29 is 18.8 Å². The highest BCUT2D eigenvalue weighted by molar-refractivity contribution is 6.30. The third-order valence-electron chi connectivity index (χ3n) is 5.17. The largest absolute Gasteiger partial charge is 0.455 e. The summed E-state index contributed by atoms with van der Waals surface area (Å²) >= 11 is 5.86. The fourth-order valence-electron chi connectivity index (χ4n) is 3.74. The Morgan fingerprint density at radius 1 is 1.26 bits per heavy atom. The molecule has 8 heteroatoms. The minimum atomic E-state index is -0.420. The lowest BCUT2D eigenvalue weighted by Gasteiger charge is -2.23. The topological polar surface area (TPSA) is 85.5 Å². The molecule has 142 valence electrons.